The third-order valence-electron chi connectivity index (χ3n) is 3.72. The van der Waals surface area contributed by atoms with Gasteiger partial charge in [-0.05, 0) is 38.8 Å². The zero-order valence-corrected chi connectivity index (χ0v) is 13.5. The topological polar surface area (TPSA) is 41.5 Å². The number of aliphatic hydroxyl groups is 1. The largest absolute Gasteiger partial charge is 0.490 e. The van der Waals surface area contributed by atoms with Crippen LogP contribution in [0.1, 0.15) is 45.2 Å². The number of benzene rings is 1. The molecule has 0 heterocycles. The van der Waals surface area contributed by atoms with Crippen molar-refractivity contribution in [3.63, 3.8) is 0 Å². The van der Waals surface area contributed by atoms with Crippen molar-refractivity contribution in [2.24, 2.45) is 5.92 Å². The van der Waals surface area contributed by atoms with Gasteiger partial charge in [-0.2, -0.15) is 0 Å². The first-order chi connectivity index (χ1) is 9.36. The molecule has 0 amide bonds. The average Bonchev–Trinajstić information content (AvgIpc) is 2.38. The molecule has 0 fully saturated rings. The van der Waals surface area contributed by atoms with Crippen LogP contribution in [0.5, 0.6) is 5.75 Å². The monoisotopic (exact) mass is 279 g/mol. The maximum atomic E-state index is 10.3. The summed E-state index contributed by atoms with van der Waals surface area (Å²) in [6.07, 6.45) is 1.12. The molecular weight excluding hydrogens is 250 g/mol. The molecule has 0 aliphatic rings. The number of hydrogen-bond donors (Lipinski definition) is 2. The van der Waals surface area contributed by atoms with E-state index in [1.807, 2.05) is 32.9 Å². The van der Waals surface area contributed by atoms with Gasteiger partial charge in [0.1, 0.15) is 12.4 Å². The molecule has 0 saturated heterocycles. The van der Waals surface area contributed by atoms with Crippen LogP contribution in [0, 0.1) is 12.8 Å². The van der Waals surface area contributed by atoms with Crippen molar-refractivity contribution in [3.05, 3.63) is 29.3 Å². The Hall–Kier alpha value is -1.06. The molecule has 2 N–H and O–H groups in total. The van der Waals surface area contributed by atoms with E-state index >= 15 is 0 Å². The molecule has 1 aromatic rings. The maximum Gasteiger partial charge on any atom is 0.123 e. The van der Waals surface area contributed by atoms with E-state index in [4.69, 9.17) is 4.74 Å². The highest BCUT2D eigenvalue weighted by Crippen LogP contribution is 2.23. The SMILES string of the molecule is CCCNCc1cc(C)ccc1OCC(C)(O)C(C)C. The predicted octanol–water partition coefficient (Wildman–Crippen LogP) is 3.28. The van der Waals surface area contributed by atoms with E-state index in [2.05, 4.69) is 25.2 Å². The Balaban J connectivity index is 2.73. The van der Waals surface area contributed by atoms with Gasteiger partial charge in [0.15, 0.2) is 0 Å². The number of nitrogens with one attached hydrogen (secondary N) is 1. The van der Waals surface area contributed by atoms with E-state index in [1.165, 1.54) is 5.56 Å². The van der Waals surface area contributed by atoms with Gasteiger partial charge in [-0.15, -0.1) is 0 Å². The number of rotatable bonds is 8. The molecule has 1 aromatic carbocycles. The molecular formula is C17H29NO2. The fraction of sp³-hybridized carbons (Fsp3) is 0.647. The van der Waals surface area contributed by atoms with Gasteiger partial charge in [0.05, 0.1) is 5.60 Å². The number of ether oxygens (including phenoxy) is 1. The molecule has 1 unspecified atom stereocenters. The van der Waals surface area contributed by atoms with E-state index in [-0.39, 0.29) is 5.92 Å². The zero-order valence-electron chi connectivity index (χ0n) is 13.5. The summed E-state index contributed by atoms with van der Waals surface area (Å²) in [5.41, 5.74) is 1.57. The van der Waals surface area contributed by atoms with Crippen LogP contribution in [0.25, 0.3) is 0 Å². The number of hydrogen-bond acceptors (Lipinski definition) is 3. The van der Waals surface area contributed by atoms with Gasteiger partial charge in [0.2, 0.25) is 0 Å². The van der Waals surface area contributed by atoms with Crippen LogP contribution in [0.15, 0.2) is 18.2 Å². The van der Waals surface area contributed by atoms with E-state index < -0.39 is 5.60 Å². The molecule has 0 saturated carbocycles. The second-order valence-corrected chi connectivity index (χ2v) is 6.09. The summed E-state index contributed by atoms with van der Waals surface area (Å²) in [6, 6.07) is 6.18. The minimum Gasteiger partial charge on any atom is -0.490 e. The summed E-state index contributed by atoms with van der Waals surface area (Å²) in [4.78, 5) is 0. The van der Waals surface area contributed by atoms with Crippen molar-refractivity contribution in [1.82, 2.24) is 5.32 Å². The summed E-state index contributed by atoms with van der Waals surface area (Å²) in [5.74, 6) is 1.02. The van der Waals surface area contributed by atoms with Crippen molar-refractivity contribution in [1.29, 1.82) is 0 Å². The predicted molar refractivity (Wildman–Crippen MR) is 84.1 cm³/mol. The molecule has 1 atom stereocenters. The third-order valence-corrected chi connectivity index (χ3v) is 3.72. The lowest BCUT2D eigenvalue weighted by Gasteiger charge is -2.28. The molecule has 3 heteroatoms. The normalized spacial score (nSPS) is 14.3. The van der Waals surface area contributed by atoms with Gasteiger partial charge < -0.3 is 15.2 Å². The fourth-order valence-electron chi connectivity index (χ4n) is 1.78. The van der Waals surface area contributed by atoms with Crippen LogP contribution < -0.4 is 10.1 Å². The van der Waals surface area contributed by atoms with E-state index in [9.17, 15) is 5.11 Å². The number of aryl methyl sites for hydroxylation is 1. The summed E-state index contributed by atoms with van der Waals surface area (Å²) >= 11 is 0. The fourth-order valence-corrected chi connectivity index (χ4v) is 1.78. The minimum atomic E-state index is -0.807. The van der Waals surface area contributed by atoms with Crippen LogP contribution in [-0.4, -0.2) is 23.9 Å². The molecule has 0 aromatic heterocycles. The smallest absolute Gasteiger partial charge is 0.123 e. The molecule has 0 spiro atoms. The highest BCUT2D eigenvalue weighted by atomic mass is 16.5. The van der Waals surface area contributed by atoms with Crippen molar-refractivity contribution < 1.29 is 9.84 Å². The van der Waals surface area contributed by atoms with Crippen LogP contribution >= 0.6 is 0 Å². The molecule has 3 nitrogen and oxygen atoms in total. The Bertz CT molecular complexity index is 413. The van der Waals surface area contributed by atoms with Gasteiger partial charge in [-0.1, -0.05) is 38.5 Å². The summed E-state index contributed by atoms with van der Waals surface area (Å²) in [5, 5.41) is 13.7. The second-order valence-electron chi connectivity index (χ2n) is 6.09. The van der Waals surface area contributed by atoms with Crippen molar-refractivity contribution in [3.8, 4) is 5.75 Å². The van der Waals surface area contributed by atoms with Gasteiger partial charge in [-0.3, -0.25) is 0 Å². The van der Waals surface area contributed by atoms with Crippen LogP contribution in [0.2, 0.25) is 0 Å². The summed E-state index contributed by atoms with van der Waals surface area (Å²) < 4.78 is 5.86. The summed E-state index contributed by atoms with van der Waals surface area (Å²) in [7, 11) is 0. The minimum absolute atomic E-state index is 0.162. The highest BCUT2D eigenvalue weighted by Gasteiger charge is 2.26. The van der Waals surface area contributed by atoms with E-state index in [1.54, 1.807) is 0 Å². The lowest BCUT2D eigenvalue weighted by molar-refractivity contribution is -0.0268. The van der Waals surface area contributed by atoms with Crippen molar-refractivity contribution in [2.45, 2.75) is 53.2 Å². The maximum absolute atomic E-state index is 10.3. The Morgan fingerprint density at radius 2 is 2.05 bits per heavy atom. The van der Waals surface area contributed by atoms with Gasteiger partial charge in [0, 0.05) is 12.1 Å². The molecule has 0 aliphatic heterocycles. The van der Waals surface area contributed by atoms with Gasteiger partial charge >= 0.3 is 0 Å². The first-order valence-corrected chi connectivity index (χ1v) is 7.52. The Labute approximate surface area is 123 Å². The van der Waals surface area contributed by atoms with E-state index in [0.29, 0.717) is 6.61 Å². The molecule has 1 rings (SSSR count). The van der Waals surface area contributed by atoms with Crippen LogP contribution in [0.4, 0.5) is 0 Å². The first kappa shape index (κ1) is 17.0. The quantitative estimate of drug-likeness (QED) is 0.718. The van der Waals surface area contributed by atoms with Gasteiger partial charge in [0.25, 0.3) is 0 Å². The molecule has 20 heavy (non-hydrogen) atoms. The lowest BCUT2D eigenvalue weighted by atomic mass is 9.94. The standard InChI is InChI=1S/C17H29NO2/c1-6-9-18-11-15-10-14(4)7-8-16(15)20-12-17(5,19)13(2)3/h7-8,10,13,18-19H,6,9,11-12H2,1-5H3. The summed E-state index contributed by atoms with van der Waals surface area (Å²) in [6.45, 7) is 12.2. The second kappa shape index (κ2) is 7.65. The van der Waals surface area contributed by atoms with Gasteiger partial charge in [-0.25, -0.2) is 0 Å². The molecule has 0 aliphatic carbocycles. The van der Waals surface area contributed by atoms with Crippen molar-refractivity contribution in [2.75, 3.05) is 13.2 Å². The molecule has 114 valence electrons. The lowest BCUT2D eigenvalue weighted by Crippen LogP contribution is -2.38. The van der Waals surface area contributed by atoms with E-state index in [0.717, 1.165) is 30.8 Å². The zero-order chi connectivity index (χ0) is 15.2. The van der Waals surface area contributed by atoms with Crippen LogP contribution in [0.3, 0.4) is 0 Å². The molecule has 0 radical (unpaired) electrons. The van der Waals surface area contributed by atoms with Crippen molar-refractivity contribution >= 4 is 0 Å². The Kier molecular flexibility index (Phi) is 6.50. The third kappa shape index (κ3) is 5.14. The average molecular weight is 279 g/mol. The first-order valence-electron chi connectivity index (χ1n) is 7.52. The Morgan fingerprint density at radius 3 is 2.65 bits per heavy atom. The molecule has 0 bridgehead atoms. The van der Waals surface area contributed by atoms with Crippen LogP contribution in [-0.2, 0) is 6.54 Å². The highest BCUT2D eigenvalue weighted by molar-refractivity contribution is 5.37. The Morgan fingerprint density at radius 1 is 1.35 bits per heavy atom.